The normalized spacial score (nSPS) is 19.6. The second-order valence-corrected chi connectivity index (χ2v) is 6.74. The zero-order valence-corrected chi connectivity index (χ0v) is 14.7. The molecule has 0 unspecified atom stereocenters. The fourth-order valence-corrected chi connectivity index (χ4v) is 3.51. The van der Waals surface area contributed by atoms with Gasteiger partial charge in [0, 0.05) is 37.0 Å². The summed E-state index contributed by atoms with van der Waals surface area (Å²) >= 11 is 0. The number of likely N-dealkylation sites (tertiary alicyclic amines) is 1. The van der Waals surface area contributed by atoms with Gasteiger partial charge in [0.05, 0.1) is 19.8 Å². The minimum absolute atomic E-state index is 0.124. The van der Waals surface area contributed by atoms with Gasteiger partial charge in [-0.25, -0.2) is 0 Å². The molecule has 4 heterocycles. The average Bonchev–Trinajstić information content (AvgIpc) is 3.18. The second-order valence-electron chi connectivity index (χ2n) is 6.74. The van der Waals surface area contributed by atoms with Crippen molar-refractivity contribution in [2.45, 2.75) is 19.4 Å². The van der Waals surface area contributed by atoms with Gasteiger partial charge in [0.2, 0.25) is 17.6 Å². The van der Waals surface area contributed by atoms with Crippen LogP contribution in [0.2, 0.25) is 0 Å². The molecule has 0 saturated carbocycles. The average molecular weight is 357 g/mol. The van der Waals surface area contributed by atoms with Crippen molar-refractivity contribution < 1.29 is 14.1 Å². The molecule has 2 fully saturated rings. The molecule has 4 rings (SSSR count). The summed E-state index contributed by atoms with van der Waals surface area (Å²) in [4.78, 5) is 25.3. The molecular weight excluding hydrogens is 334 g/mol. The summed E-state index contributed by atoms with van der Waals surface area (Å²) in [5.74, 6) is 1.60. The van der Waals surface area contributed by atoms with Crippen LogP contribution in [0.3, 0.4) is 0 Å². The SMILES string of the molecule is O=C(C1CCN(Cc2nc(-c3ccncc3)no2)CC1)N1CCOCC1. The lowest BCUT2D eigenvalue weighted by atomic mass is 9.95. The Labute approximate surface area is 152 Å². The molecule has 1 amide bonds. The number of nitrogens with zero attached hydrogens (tertiary/aromatic N) is 5. The molecule has 0 aliphatic carbocycles. The number of hydrogen-bond donors (Lipinski definition) is 0. The Morgan fingerprint density at radius 2 is 1.85 bits per heavy atom. The summed E-state index contributed by atoms with van der Waals surface area (Å²) in [6.45, 7) is 5.11. The van der Waals surface area contributed by atoms with Gasteiger partial charge in [-0.05, 0) is 38.1 Å². The summed E-state index contributed by atoms with van der Waals surface area (Å²) in [5, 5.41) is 4.04. The van der Waals surface area contributed by atoms with Gasteiger partial charge >= 0.3 is 0 Å². The number of pyridine rings is 1. The zero-order chi connectivity index (χ0) is 17.8. The molecule has 0 N–H and O–H groups in total. The Hall–Kier alpha value is -2.32. The number of carbonyl (C=O) groups excluding carboxylic acids is 1. The summed E-state index contributed by atoms with van der Waals surface area (Å²) < 4.78 is 10.7. The third kappa shape index (κ3) is 3.91. The van der Waals surface area contributed by atoms with E-state index in [9.17, 15) is 4.79 Å². The molecule has 0 radical (unpaired) electrons. The maximum atomic E-state index is 12.6. The molecule has 2 aliphatic rings. The van der Waals surface area contributed by atoms with E-state index in [-0.39, 0.29) is 11.8 Å². The van der Waals surface area contributed by atoms with E-state index in [1.807, 2.05) is 17.0 Å². The Balaban J connectivity index is 1.29. The Morgan fingerprint density at radius 1 is 1.12 bits per heavy atom. The fourth-order valence-electron chi connectivity index (χ4n) is 3.51. The van der Waals surface area contributed by atoms with Crippen molar-refractivity contribution in [2.75, 3.05) is 39.4 Å². The molecule has 2 saturated heterocycles. The smallest absolute Gasteiger partial charge is 0.241 e. The number of amides is 1. The van der Waals surface area contributed by atoms with Gasteiger partial charge in [-0.3, -0.25) is 14.7 Å². The topological polar surface area (TPSA) is 84.6 Å². The van der Waals surface area contributed by atoms with E-state index < -0.39 is 0 Å². The van der Waals surface area contributed by atoms with Crippen LogP contribution in [0.1, 0.15) is 18.7 Å². The lowest BCUT2D eigenvalue weighted by Gasteiger charge is -2.35. The number of ether oxygens (including phenoxy) is 1. The molecule has 2 aromatic heterocycles. The maximum absolute atomic E-state index is 12.6. The Bertz CT molecular complexity index is 721. The molecule has 138 valence electrons. The van der Waals surface area contributed by atoms with Crippen molar-refractivity contribution in [3.8, 4) is 11.4 Å². The summed E-state index contributed by atoms with van der Waals surface area (Å²) in [7, 11) is 0. The van der Waals surface area contributed by atoms with Gasteiger partial charge in [0.25, 0.3) is 0 Å². The van der Waals surface area contributed by atoms with Gasteiger partial charge in [0.15, 0.2) is 0 Å². The van der Waals surface area contributed by atoms with Crippen LogP contribution in [0, 0.1) is 5.92 Å². The van der Waals surface area contributed by atoms with Crippen LogP contribution in [0.25, 0.3) is 11.4 Å². The zero-order valence-electron chi connectivity index (χ0n) is 14.7. The summed E-state index contributed by atoms with van der Waals surface area (Å²) in [6.07, 6.45) is 5.17. The third-order valence-corrected chi connectivity index (χ3v) is 5.03. The third-order valence-electron chi connectivity index (χ3n) is 5.03. The van der Waals surface area contributed by atoms with Crippen molar-refractivity contribution in [3.63, 3.8) is 0 Å². The van der Waals surface area contributed by atoms with Gasteiger partial charge < -0.3 is 14.2 Å². The highest BCUT2D eigenvalue weighted by Gasteiger charge is 2.29. The van der Waals surface area contributed by atoms with Crippen molar-refractivity contribution in [1.29, 1.82) is 0 Å². The highest BCUT2D eigenvalue weighted by molar-refractivity contribution is 5.79. The van der Waals surface area contributed by atoms with E-state index in [2.05, 4.69) is 20.0 Å². The van der Waals surface area contributed by atoms with Crippen LogP contribution in [-0.4, -0.2) is 70.2 Å². The van der Waals surface area contributed by atoms with Crippen molar-refractivity contribution in [1.82, 2.24) is 24.9 Å². The number of piperidine rings is 1. The predicted octanol–water partition coefficient (Wildman–Crippen LogP) is 1.20. The maximum Gasteiger partial charge on any atom is 0.241 e. The van der Waals surface area contributed by atoms with Crippen LogP contribution in [0.4, 0.5) is 0 Å². The van der Waals surface area contributed by atoms with Crippen LogP contribution in [0.5, 0.6) is 0 Å². The second kappa shape index (κ2) is 7.92. The lowest BCUT2D eigenvalue weighted by Crippen LogP contribution is -2.46. The van der Waals surface area contributed by atoms with Crippen molar-refractivity contribution >= 4 is 5.91 Å². The number of carbonyl (C=O) groups is 1. The van der Waals surface area contributed by atoms with Gasteiger partial charge in [-0.15, -0.1) is 0 Å². The van der Waals surface area contributed by atoms with Gasteiger partial charge in [-0.2, -0.15) is 4.98 Å². The Kier molecular flexibility index (Phi) is 5.21. The molecular formula is C18H23N5O3. The van der Waals surface area contributed by atoms with Gasteiger partial charge in [0.1, 0.15) is 0 Å². The van der Waals surface area contributed by atoms with E-state index in [1.54, 1.807) is 12.4 Å². The Morgan fingerprint density at radius 3 is 2.58 bits per heavy atom. The van der Waals surface area contributed by atoms with Crippen LogP contribution in [-0.2, 0) is 16.1 Å². The van der Waals surface area contributed by atoms with Crippen LogP contribution in [0.15, 0.2) is 29.0 Å². The number of hydrogen-bond acceptors (Lipinski definition) is 7. The highest BCUT2D eigenvalue weighted by atomic mass is 16.5. The van der Waals surface area contributed by atoms with E-state index in [4.69, 9.17) is 9.26 Å². The minimum Gasteiger partial charge on any atom is -0.378 e. The standard InChI is InChI=1S/C18H23N5O3/c24-18(23-9-11-25-12-10-23)15-3-7-22(8-4-15)13-16-20-17(21-26-16)14-1-5-19-6-2-14/h1-2,5-6,15H,3-4,7-13H2. The first-order valence-corrected chi connectivity index (χ1v) is 9.11. The van der Waals surface area contributed by atoms with Crippen molar-refractivity contribution in [2.24, 2.45) is 5.92 Å². The quantitative estimate of drug-likeness (QED) is 0.813. The summed E-state index contributed by atoms with van der Waals surface area (Å²) in [5.41, 5.74) is 0.893. The number of rotatable bonds is 4. The first kappa shape index (κ1) is 17.1. The first-order valence-electron chi connectivity index (χ1n) is 9.11. The van der Waals surface area contributed by atoms with Gasteiger partial charge in [-0.1, -0.05) is 5.16 Å². The van der Waals surface area contributed by atoms with E-state index >= 15 is 0 Å². The summed E-state index contributed by atoms with van der Waals surface area (Å²) in [6, 6.07) is 3.72. The molecule has 0 spiro atoms. The predicted molar refractivity (Wildman–Crippen MR) is 92.9 cm³/mol. The fraction of sp³-hybridized carbons (Fsp3) is 0.556. The van der Waals surface area contributed by atoms with E-state index in [0.717, 1.165) is 44.6 Å². The highest BCUT2D eigenvalue weighted by Crippen LogP contribution is 2.22. The van der Waals surface area contributed by atoms with Crippen LogP contribution >= 0.6 is 0 Å². The largest absolute Gasteiger partial charge is 0.378 e. The molecule has 0 atom stereocenters. The molecule has 0 aromatic carbocycles. The van der Waals surface area contributed by atoms with Crippen LogP contribution < -0.4 is 0 Å². The molecule has 2 aromatic rings. The monoisotopic (exact) mass is 357 g/mol. The molecule has 2 aliphatic heterocycles. The number of morpholine rings is 1. The molecule has 26 heavy (non-hydrogen) atoms. The number of aromatic nitrogens is 3. The molecule has 8 heteroatoms. The lowest BCUT2D eigenvalue weighted by molar-refractivity contribution is -0.141. The minimum atomic E-state index is 0.124. The van der Waals surface area contributed by atoms with E-state index in [1.165, 1.54) is 0 Å². The van der Waals surface area contributed by atoms with E-state index in [0.29, 0.717) is 31.5 Å². The first-order chi connectivity index (χ1) is 12.8. The molecule has 8 nitrogen and oxygen atoms in total. The molecule has 0 bridgehead atoms. The van der Waals surface area contributed by atoms with Crippen molar-refractivity contribution in [3.05, 3.63) is 30.4 Å².